The largest absolute Gasteiger partial charge is 0.334 e. The molecule has 3 aromatic carbocycles. The molecule has 2 amide bonds. The Bertz CT molecular complexity index is 1070. The van der Waals surface area contributed by atoms with Crippen molar-refractivity contribution in [3.05, 3.63) is 101 Å². The zero-order valence-corrected chi connectivity index (χ0v) is 17.5. The molecule has 0 N–H and O–H groups in total. The second-order valence-corrected chi connectivity index (χ2v) is 7.71. The lowest BCUT2D eigenvalue weighted by Crippen LogP contribution is -2.36. The van der Waals surface area contributed by atoms with Gasteiger partial charge < -0.3 is 9.80 Å². The van der Waals surface area contributed by atoms with Crippen LogP contribution in [0.15, 0.2) is 72.8 Å². The smallest absolute Gasteiger partial charge is 0.258 e. The van der Waals surface area contributed by atoms with Gasteiger partial charge in [0.1, 0.15) is 0 Å². The summed E-state index contributed by atoms with van der Waals surface area (Å²) in [5.74, 6) is -0.0523. The van der Waals surface area contributed by atoms with Gasteiger partial charge in [-0.15, -0.1) is 0 Å². The Kier molecular flexibility index (Phi) is 5.66. The predicted octanol–water partition coefficient (Wildman–Crippen LogP) is 4.86. The van der Waals surface area contributed by atoms with Crippen molar-refractivity contribution in [2.45, 2.75) is 26.8 Å². The van der Waals surface area contributed by atoms with E-state index in [0.717, 1.165) is 17.7 Å². The fourth-order valence-corrected chi connectivity index (χ4v) is 4.00. The molecule has 152 valence electrons. The molecular formula is C26H26N2O2. The number of amides is 2. The van der Waals surface area contributed by atoms with Crippen LogP contribution < -0.4 is 4.90 Å². The van der Waals surface area contributed by atoms with Gasteiger partial charge in [-0.05, 0) is 73.4 Å². The maximum atomic E-state index is 13.0. The van der Waals surface area contributed by atoms with Crippen molar-refractivity contribution >= 4 is 17.5 Å². The SMILES string of the molecule is CCN(C(=O)c1ccc(C(=O)N2CCc3ccccc3C2)cc1)c1cccc(C)c1. The average molecular weight is 399 g/mol. The van der Waals surface area contributed by atoms with E-state index < -0.39 is 0 Å². The van der Waals surface area contributed by atoms with Crippen LogP contribution in [0.4, 0.5) is 5.69 Å². The Balaban J connectivity index is 1.50. The highest BCUT2D eigenvalue weighted by molar-refractivity contribution is 6.06. The van der Waals surface area contributed by atoms with Crippen LogP contribution in [-0.2, 0) is 13.0 Å². The highest BCUT2D eigenvalue weighted by atomic mass is 16.2. The highest BCUT2D eigenvalue weighted by Crippen LogP contribution is 2.22. The van der Waals surface area contributed by atoms with Gasteiger partial charge in [-0.1, -0.05) is 36.4 Å². The number of aryl methyl sites for hydroxylation is 1. The topological polar surface area (TPSA) is 40.6 Å². The molecule has 1 heterocycles. The Morgan fingerprint density at radius 2 is 1.60 bits per heavy atom. The molecule has 1 aliphatic rings. The predicted molar refractivity (Wildman–Crippen MR) is 120 cm³/mol. The number of hydrogen-bond acceptors (Lipinski definition) is 2. The summed E-state index contributed by atoms with van der Waals surface area (Å²) >= 11 is 0. The molecule has 0 atom stereocenters. The van der Waals surface area contributed by atoms with Crippen LogP contribution in [-0.4, -0.2) is 29.8 Å². The summed E-state index contributed by atoms with van der Waals surface area (Å²) in [5, 5.41) is 0. The first-order valence-corrected chi connectivity index (χ1v) is 10.4. The summed E-state index contributed by atoms with van der Waals surface area (Å²) in [5.41, 5.74) is 5.72. The van der Waals surface area contributed by atoms with Gasteiger partial charge in [-0.3, -0.25) is 9.59 Å². The van der Waals surface area contributed by atoms with Crippen LogP contribution in [0.25, 0.3) is 0 Å². The quantitative estimate of drug-likeness (QED) is 0.630. The van der Waals surface area contributed by atoms with E-state index in [0.29, 0.717) is 30.8 Å². The van der Waals surface area contributed by atoms with Crippen molar-refractivity contribution in [2.75, 3.05) is 18.0 Å². The minimum atomic E-state index is -0.0611. The Labute approximate surface area is 177 Å². The number of fused-ring (bicyclic) bond motifs is 1. The molecule has 1 aliphatic heterocycles. The number of rotatable bonds is 4. The molecule has 0 aromatic heterocycles. The van der Waals surface area contributed by atoms with E-state index in [1.807, 2.05) is 55.1 Å². The van der Waals surface area contributed by atoms with Crippen LogP contribution in [0.2, 0.25) is 0 Å². The third kappa shape index (κ3) is 3.99. The maximum Gasteiger partial charge on any atom is 0.258 e. The van der Waals surface area contributed by atoms with Crippen molar-refractivity contribution < 1.29 is 9.59 Å². The summed E-state index contributed by atoms with van der Waals surface area (Å²) in [7, 11) is 0. The first-order valence-electron chi connectivity index (χ1n) is 10.4. The monoisotopic (exact) mass is 398 g/mol. The van der Waals surface area contributed by atoms with E-state index in [-0.39, 0.29) is 11.8 Å². The van der Waals surface area contributed by atoms with Crippen LogP contribution in [0.5, 0.6) is 0 Å². The van der Waals surface area contributed by atoms with E-state index in [2.05, 4.69) is 12.1 Å². The minimum Gasteiger partial charge on any atom is -0.334 e. The number of benzene rings is 3. The van der Waals surface area contributed by atoms with Gasteiger partial charge in [0, 0.05) is 36.4 Å². The molecule has 0 spiro atoms. The molecule has 0 unspecified atom stereocenters. The van der Waals surface area contributed by atoms with Crippen LogP contribution in [0, 0.1) is 6.92 Å². The average Bonchev–Trinajstić information content (AvgIpc) is 2.79. The summed E-state index contributed by atoms with van der Waals surface area (Å²) in [4.78, 5) is 29.6. The Morgan fingerprint density at radius 1 is 0.900 bits per heavy atom. The molecule has 0 aliphatic carbocycles. The lowest BCUT2D eigenvalue weighted by atomic mass is 9.99. The molecule has 4 nitrogen and oxygen atoms in total. The number of carbonyl (C=O) groups excluding carboxylic acids is 2. The molecule has 0 saturated carbocycles. The van der Waals surface area contributed by atoms with E-state index >= 15 is 0 Å². The number of hydrogen-bond donors (Lipinski definition) is 0. The van der Waals surface area contributed by atoms with Crippen LogP contribution >= 0.6 is 0 Å². The van der Waals surface area contributed by atoms with Gasteiger partial charge in [-0.2, -0.15) is 0 Å². The Hall–Kier alpha value is -3.40. The molecule has 4 rings (SSSR count). The number of carbonyl (C=O) groups is 2. The van der Waals surface area contributed by atoms with Crippen molar-refractivity contribution in [3.8, 4) is 0 Å². The van der Waals surface area contributed by atoms with Crippen LogP contribution in [0.1, 0.15) is 44.3 Å². The van der Waals surface area contributed by atoms with E-state index in [4.69, 9.17) is 0 Å². The third-order valence-electron chi connectivity index (χ3n) is 5.67. The summed E-state index contributed by atoms with van der Waals surface area (Å²) in [6.45, 7) is 5.91. The second kappa shape index (κ2) is 8.54. The zero-order chi connectivity index (χ0) is 21.1. The summed E-state index contributed by atoms with van der Waals surface area (Å²) < 4.78 is 0. The molecule has 0 radical (unpaired) electrons. The van der Waals surface area contributed by atoms with Gasteiger partial charge in [0.25, 0.3) is 11.8 Å². The maximum absolute atomic E-state index is 13.0. The summed E-state index contributed by atoms with van der Waals surface area (Å²) in [6, 6.07) is 23.2. The molecule has 0 fully saturated rings. The van der Waals surface area contributed by atoms with E-state index in [1.165, 1.54) is 11.1 Å². The van der Waals surface area contributed by atoms with Gasteiger partial charge in [0.2, 0.25) is 0 Å². The number of anilines is 1. The first-order chi connectivity index (χ1) is 14.6. The fraction of sp³-hybridized carbons (Fsp3) is 0.231. The lowest BCUT2D eigenvalue weighted by molar-refractivity contribution is 0.0734. The zero-order valence-electron chi connectivity index (χ0n) is 17.5. The molecule has 0 saturated heterocycles. The van der Waals surface area contributed by atoms with Crippen molar-refractivity contribution in [1.82, 2.24) is 4.90 Å². The van der Waals surface area contributed by atoms with Crippen molar-refractivity contribution in [1.29, 1.82) is 0 Å². The molecule has 3 aromatic rings. The van der Waals surface area contributed by atoms with Gasteiger partial charge in [0.05, 0.1) is 0 Å². The van der Waals surface area contributed by atoms with E-state index in [9.17, 15) is 9.59 Å². The fourth-order valence-electron chi connectivity index (χ4n) is 4.00. The van der Waals surface area contributed by atoms with Crippen LogP contribution in [0.3, 0.4) is 0 Å². The Morgan fingerprint density at radius 3 is 2.30 bits per heavy atom. The van der Waals surface area contributed by atoms with Crippen molar-refractivity contribution in [2.24, 2.45) is 0 Å². The standard InChI is InChI=1S/C26H26N2O2/c1-3-28(24-10-6-7-19(2)17-24)26(30)22-13-11-21(12-14-22)25(29)27-16-15-20-8-4-5-9-23(20)18-27/h4-14,17H,3,15-16,18H2,1-2H3. The highest BCUT2D eigenvalue weighted by Gasteiger charge is 2.22. The molecule has 4 heteroatoms. The summed E-state index contributed by atoms with van der Waals surface area (Å²) in [6.07, 6.45) is 0.875. The first kappa shape index (κ1) is 19.9. The van der Waals surface area contributed by atoms with Gasteiger partial charge in [0.15, 0.2) is 0 Å². The normalized spacial score (nSPS) is 12.9. The third-order valence-corrected chi connectivity index (χ3v) is 5.67. The number of nitrogens with zero attached hydrogens (tertiary/aromatic N) is 2. The van der Waals surface area contributed by atoms with Crippen molar-refractivity contribution in [3.63, 3.8) is 0 Å². The molecular weight excluding hydrogens is 372 g/mol. The molecule has 30 heavy (non-hydrogen) atoms. The molecule has 0 bridgehead atoms. The second-order valence-electron chi connectivity index (χ2n) is 7.71. The minimum absolute atomic E-state index is 0.00883. The van der Waals surface area contributed by atoms with Gasteiger partial charge in [-0.25, -0.2) is 0 Å². The lowest BCUT2D eigenvalue weighted by Gasteiger charge is -2.29. The van der Waals surface area contributed by atoms with E-state index in [1.54, 1.807) is 29.2 Å². The van der Waals surface area contributed by atoms with Gasteiger partial charge >= 0.3 is 0 Å².